The van der Waals surface area contributed by atoms with Gasteiger partial charge in [0.1, 0.15) is 0 Å². The zero-order chi connectivity index (χ0) is 28.2. The van der Waals surface area contributed by atoms with Crippen LogP contribution in [0, 0.1) is 0 Å². The molecule has 3 amide bonds. The lowest BCUT2D eigenvalue weighted by atomic mass is 10.1. The second-order valence-electron chi connectivity index (χ2n) is 8.55. The summed E-state index contributed by atoms with van der Waals surface area (Å²) in [4.78, 5) is 39.5. The predicted octanol–water partition coefficient (Wildman–Crippen LogP) is 6.37. The third-order valence-electron chi connectivity index (χ3n) is 5.78. The Labute approximate surface area is 243 Å². The molecule has 0 saturated carbocycles. The van der Waals surface area contributed by atoms with E-state index in [1.807, 2.05) is 6.92 Å². The van der Waals surface area contributed by atoms with Crippen LogP contribution in [0.15, 0.2) is 59.5 Å². The Bertz CT molecular complexity index is 1530. The highest BCUT2D eigenvalue weighted by Crippen LogP contribution is 2.40. The molecule has 0 radical (unpaired) electrons. The van der Waals surface area contributed by atoms with E-state index in [4.69, 9.17) is 42.1 Å². The number of nitrogens with one attached hydrogen (secondary N) is 1. The number of imide groups is 1. The summed E-state index contributed by atoms with van der Waals surface area (Å²) in [7, 11) is 0. The van der Waals surface area contributed by atoms with Gasteiger partial charge in [-0.05, 0) is 72.3 Å². The molecule has 40 heavy (non-hydrogen) atoms. The molecular formula is C28H22Cl2N2O7S. The number of hydrogen-bond donors (Lipinski definition) is 1. The Hall–Kier alpha value is -3.86. The summed E-state index contributed by atoms with van der Waals surface area (Å²) < 4.78 is 22.1. The second-order valence-corrected chi connectivity index (χ2v) is 10.4. The van der Waals surface area contributed by atoms with E-state index in [2.05, 4.69) is 5.32 Å². The van der Waals surface area contributed by atoms with Gasteiger partial charge in [0.25, 0.3) is 17.1 Å². The van der Waals surface area contributed by atoms with Crippen molar-refractivity contribution in [3.63, 3.8) is 0 Å². The number of rotatable bonds is 9. The molecule has 5 rings (SSSR count). The van der Waals surface area contributed by atoms with Crippen LogP contribution in [0.1, 0.15) is 18.1 Å². The van der Waals surface area contributed by atoms with Gasteiger partial charge in [-0.1, -0.05) is 35.3 Å². The summed E-state index contributed by atoms with van der Waals surface area (Å²) in [5.74, 6) is 0.949. The van der Waals surface area contributed by atoms with Gasteiger partial charge in [-0.25, -0.2) is 0 Å². The predicted molar refractivity (Wildman–Crippen MR) is 152 cm³/mol. The van der Waals surface area contributed by atoms with Crippen molar-refractivity contribution in [3.8, 4) is 23.0 Å². The first-order chi connectivity index (χ1) is 19.3. The highest BCUT2D eigenvalue weighted by molar-refractivity contribution is 8.18. The topological polar surface area (TPSA) is 103 Å². The average molecular weight is 601 g/mol. The van der Waals surface area contributed by atoms with Gasteiger partial charge in [0.15, 0.2) is 29.6 Å². The lowest BCUT2D eigenvalue weighted by molar-refractivity contribution is -0.123. The van der Waals surface area contributed by atoms with Gasteiger partial charge in [-0.3, -0.25) is 19.3 Å². The molecule has 9 nitrogen and oxygen atoms in total. The molecular weight excluding hydrogens is 579 g/mol. The smallest absolute Gasteiger partial charge is 0.293 e. The summed E-state index contributed by atoms with van der Waals surface area (Å²) in [5, 5.41) is 3.17. The van der Waals surface area contributed by atoms with Crippen LogP contribution in [-0.2, 0) is 16.1 Å². The van der Waals surface area contributed by atoms with E-state index in [-0.39, 0.29) is 30.8 Å². The highest BCUT2D eigenvalue weighted by Gasteiger charge is 2.36. The Balaban J connectivity index is 1.27. The zero-order valence-electron chi connectivity index (χ0n) is 21.1. The molecule has 0 aliphatic carbocycles. The first-order valence-corrected chi connectivity index (χ1v) is 13.7. The molecule has 0 atom stereocenters. The Morgan fingerprint density at radius 1 is 1.05 bits per heavy atom. The Morgan fingerprint density at radius 2 is 1.85 bits per heavy atom. The van der Waals surface area contributed by atoms with Crippen molar-refractivity contribution < 1.29 is 33.3 Å². The summed E-state index contributed by atoms with van der Waals surface area (Å²) in [6.45, 7) is 1.98. The summed E-state index contributed by atoms with van der Waals surface area (Å²) in [6.07, 6.45) is 1.60. The maximum Gasteiger partial charge on any atom is 0.293 e. The summed E-state index contributed by atoms with van der Waals surface area (Å²) >= 11 is 13.1. The minimum atomic E-state index is -0.445. The van der Waals surface area contributed by atoms with Crippen molar-refractivity contribution in [1.82, 2.24) is 4.90 Å². The molecule has 12 heteroatoms. The van der Waals surface area contributed by atoms with Crippen LogP contribution >= 0.6 is 35.0 Å². The quantitative estimate of drug-likeness (QED) is 0.282. The van der Waals surface area contributed by atoms with Crippen LogP contribution in [0.3, 0.4) is 0 Å². The third-order valence-corrected chi connectivity index (χ3v) is 7.27. The summed E-state index contributed by atoms with van der Waals surface area (Å²) in [6, 6.07) is 15.1. The van der Waals surface area contributed by atoms with Gasteiger partial charge >= 0.3 is 0 Å². The fourth-order valence-corrected chi connectivity index (χ4v) is 5.19. The Kier molecular flexibility index (Phi) is 8.39. The van der Waals surface area contributed by atoms with Crippen molar-refractivity contribution in [1.29, 1.82) is 0 Å². The number of hydrogen-bond acceptors (Lipinski definition) is 8. The maximum atomic E-state index is 13.1. The number of carbonyl (C=O) groups excluding carboxylic acids is 3. The highest BCUT2D eigenvalue weighted by atomic mass is 35.5. The Morgan fingerprint density at radius 3 is 2.62 bits per heavy atom. The monoisotopic (exact) mass is 600 g/mol. The lowest BCUT2D eigenvalue weighted by Gasteiger charge is -2.14. The first kappa shape index (κ1) is 27.7. The van der Waals surface area contributed by atoms with Crippen LogP contribution in [0.5, 0.6) is 23.0 Å². The van der Waals surface area contributed by atoms with Crippen LogP contribution in [0.25, 0.3) is 6.08 Å². The van der Waals surface area contributed by atoms with E-state index >= 15 is 0 Å². The molecule has 0 spiro atoms. The standard InChI is InChI=1S/C28H22Cl2N2O7S/c1-2-36-22-8-16(6-7-21(22)37-14-26(33)31-19-5-3-4-18(29)11-19)9-25-27(34)32(28(35)40-25)13-17-10-23-24(12-20(17)30)39-15-38-23/h3-12H,2,13-15H2,1H3,(H,31,33)/b25-9+. The molecule has 2 aliphatic rings. The minimum Gasteiger partial charge on any atom is -0.490 e. The molecule has 0 unspecified atom stereocenters. The van der Waals surface area contributed by atoms with Crippen molar-refractivity contribution in [2.75, 3.05) is 25.3 Å². The number of anilines is 1. The van der Waals surface area contributed by atoms with E-state index in [0.29, 0.717) is 56.5 Å². The molecule has 1 saturated heterocycles. The molecule has 206 valence electrons. The van der Waals surface area contributed by atoms with Crippen LogP contribution in [0.4, 0.5) is 10.5 Å². The molecule has 2 aliphatic heterocycles. The van der Waals surface area contributed by atoms with Crippen molar-refractivity contribution in [3.05, 3.63) is 80.7 Å². The zero-order valence-corrected chi connectivity index (χ0v) is 23.4. The number of fused-ring (bicyclic) bond motifs is 1. The normalized spacial score (nSPS) is 15.1. The van der Waals surface area contributed by atoms with Gasteiger partial charge < -0.3 is 24.3 Å². The van der Waals surface area contributed by atoms with Gasteiger partial charge in [-0.15, -0.1) is 0 Å². The number of halogens is 2. The fraction of sp³-hybridized carbons (Fsp3) is 0.179. The first-order valence-electron chi connectivity index (χ1n) is 12.1. The second kappa shape index (κ2) is 12.1. The minimum absolute atomic E-state index is 0.00823. The maximum absolute atomic E-state index is 13.1. The molecule has 0 aromatic heterocycles. The van der Waals surface area contributed by atoms with Crippen LogP contribution in [0.2, 0.25) is 10.0 Å². The largest absolute Gasteiger partial charge is 0.490 e. The van der Waals surface area contributed by atoms with E-state index in [1.54, 1.807) is 60.7 Å². The van der Waals surface area contributed by atoms with Crippen LogP contribution in [-0.4, -0.2) is 42.0 Å². The molecule has 1 N–H and O–H groups in total. The fourth-order valence-electron chi connectivity index (χ4n) is 3.95. The van der Waals surface area contributed by atoms with Crippen LogP contribution < -0.4 is 24.3 Å². The molecule has 2 heterocycles. The SMILES string of the molecule is CCOc1cc(/C=C2/SC(=O)N(Cc3cc4c(cc3Cl)OCO4)C2=O)ccc1OCC(=O)Nc1cccc(Cl)c1. The van der Waals surface area contributed by atoms with E-state index in [0.717, 1.165) is 16.7 Å². The van der Waals surface area contributed by atoms with Gasteiger partial charge in [-0.2, -0.15) is 0 Å². The van der Waals surface area contributed by atoms with Gasteiger partial charge in [0, 0.05) is 21.8 Å². The number of amides is 3. The van der Waals surface area contributed by atoms with E-state index in [1.165, 1.54) is 0 Å². The van der Waals surface area contributed by atoms with Crippen molar-refractivity contribution >= 4 is 63.8 Å². The number of benzene rings is 3. The van der Waals surface area contributed by atoms with Crippen molar-refractivity contribution in [2.24, 2.45) is 0 Å². The van der Waals surface area contributed by atoms with Gasteiger partial charge in [0.2, 0.25) is 6.79 Å². The van der Waals surface area contributed by atoms with Crippen molar-refractivity contribution in [2.45, 2.75) is 13.5 Å². The molecule has 3 aromatic rings. The third kappa shape index (κ3) is 6.30. The number of nitrogens with zero attached hydrogens (tertiary/aromatic N) is 1. The van der Waals surface area contributed by atoms with E-state index < -0.39 is 11.1 Å². The number of carbonyl (C=O) groups is 3. The number of ether oxygens (including phenoxy) is 4. The lowest BCUT2D eigenvalue weighted by Crippen LogP contribution is -2.27. The molecule has 0 bridgehead atoms. The summed E-state index contributed by atoms with van der Waals surface area (Å²) in [5.41, 5.74) is 1.73. The molecule has 1 fully saturated rings. The van der Waals surface area contributed by atoms with Gasteiger partial charge in [0.05, 0.1) is 18.1 Å². The number of thioether (sulfide) groups is 1. The van der Waals surface area contributed by atoms with E-state index in [9.17, 15) is 14.4 Å². The average Bonchev–Trinajstić information content (AvgIpc) is 3.47. The molecule has 3 aromatic carbocycles.